The molecule has 9 heteroatoms. The second-order valence-corrected chi connectivity index (χ2v) is 10.5. The zero-order valence-corrected chi connectivity index (χ0v) is 18.9. The molecule has 1 N–H and O–H groups in total. The number of hydrogen-bond acceptors (Lipinski definition) is 5. The third-order valence-electron chi connectivity index (χ3n) is 6.19. The lowest BCUT2D eigenvalue weighted by molar-refractivity contribution is -0.126. The molecule has 2 aliphatic rings. The number of carbonyl (C=O) groups is 2. The summed E-state index contributed by atoms with van der Waals surface area (Å²) < 4.78 is 27.3. The molecule has 1 atom stereocenters. The lowest BCUT2D eigenvalue weighted by Gasteiger charge is -2.29. The SMILES string of the molecule is CC1CCN(S(=O)(=O)c2ccc(N3C[C@@H](C(=O)NCc4ccccn4)CC3=O)cc2)CC1. The van der Waals surface area contributed by atoms with Gasteiger partial charge in [-0.15, -0.1) is 0 Å². The maximum Gasteiger partial charge on any atom is 0.243 e. The molecule has 3 heterocycles. The van der Waals surface area contributed by atoms with Crippen LogP contribution < -0.4 is 10.2 Å². The summed E-state index contributed by atoms with van der Waals surface area (Å²) in [7, 11) is -3.54. The lowest BCUT2D eigenvalue weighted by Crippen LogP contribution is -2.37. The van der Waals surface area contributed by atoms with Crippen LogP contribution >= 0.6 is 0 Å². The van der Waals surface area contributed by atoms with Crippen molar-refractivity contribution in [2.75, 3.05) is 24.5 Å². The fraction of sp³-hybridized carbons (Fsp3) is 0.435. The molecular weight excluding hydrogens is 428 g/mol. The minimum absolute atomic E-state index is 0.125. The largest absolute Gasteiger partial charge is 0.350 e. The van der Waals surface area contributed by atoms with E-state index < -0.39 is 15.9 Å². The number of nitrogens with one attached hydrogen (secondary N) is 1. The van der Waals surface area contributed by atoms with E-state index in [0.29, 0.717) is 31.2 Å². The maximum atomic E-state index is 12.9. The average Bonchev–Trinajstić information content (AvgIpc) is 3.20. The fourth-order valence-electron chi connectivity index (χ4n) is 4.13. The predicted octanol–water partition coefficient (Wildman–Crippen LogP) is 2.17. The van der Waals surface area contributed by atoms with Crippen molar-refractivity contribution in [1.82, 2.24) is 14.6 Å². The summed E-state index contributed by atoms with van der Waals surface area (Å²) in [5.74, 6) is -0.252. The van der Waals surface area contributed by atoms with Crippen molar-refractivity contribution in [3.63, 3.8) is 0 Å². The van der Waals surface area contributed by atoms with Crippen molar-refractivity contribution in [1.29, 1.82) is 0 Å². The first-order chi connectivity index (χ1) is 15.3. The van der Waals surface area contributed by atoms with Crippen LogP contribution in [0, 0.1) is 11.8 Å². The Labute approximate surface area is 188 Å². The Balaban J connectivity index is 1.38. The molecule has 1 aromatic heterocycles. The number of pyridine rings is 1. The summed E-state index contributed by atoms with van der Waals surface area (Å²) in [6.07, 6.45) is 3.52. The van der Waals surface area contributed by atoms with Gasteiger partial charge in [0.05, 0.1) is 23.1 Å². The van der Waals surface area contributed by atoms with Crippen LogP contribution in [0.4, 0.5) is 5.69 Å². The highest BCUT2D eigenvalue weighted by molar-refractivity contribution is 7.89. The van der Waals surface area contributed by atoms with Crippen LogP contribution in [0.5, 0.6) is 0 Å². The molecule has 8 nitrogen and oxygen atoms in total. The highest BCUT2D eigenvalue weighted by Crippen LogP contribution is 2.28. The van der Waals surface area contributed by atoms with E-state index in [1.165, 1.54) is 4.31 Å². The Morgan fingerprint density at radius 3 is 2.50 bits per heavy atom. The van der Waals surface area contributed by atoms with Gasteiger partial charge in [-0.1, -0.05) is 13.0 Å². The Kier molecular flexibility index (Phi) is 6.57. The van der Waals surface area contributed by atoms with Gasteiger partial charge in [-0.3, -0.25) is 14.6 Å². The van der Waals surface area contributed by atoms with Crippen LogP contribution in [0.25, 0.3) is 0 Å². The average molecular weight is 457 g/mol. The first kappa shape index (κ1) is 22.4. The summed E-state index contributed by atoms with van der Waals surface area (Å²) in [6, 6.07) is 11.9. The molecule has 170 valence electrons. The third kappa shape index (κ3) is 4.83. The van der Waals surface area contributed by atoms with Gasteiger partial charge in [-0.2, -0.15) is 4.31 Å². The van der Waals surface area contributed by atoms with E-state index in [0.717, 1.165) is 18.5 Å². The van der Waals surface area contributed by atoms with Gasteiger partial charge in [0.2, 0.25) is 21.8 Å². The molecule has 0 aliphatic carbocycles. The third-order valence-corrected chi connectivity index (χ3v) is 8.11. The van der Waals surface area contributed by atoms with E-state index >= 15 is 0 Å². The standard InChI is InChI=1S/C23H28N4O4S/c1-17-9-12-26(13-10-17)32(30,31)21-7-5-20(6-8-21)27-16-18(14-22(27)28)23(29)25-15-19-4-2-3-11-24-19/h2-8,11,17-18H,9-10,12-16H2,1H3,(H,25,29)/t18-/m0/s1. The van der Waals surface area contributed by atoms with E-state index in [1.54, 1.807) is 35.4 Å². The highest BCUT2D eigenvalue weighted by Gasteiger charge is 2.35. The first-order valence-corrected chi connectivity index (χ1v) is 12.4. The predicted molar refractivity (Wildman–Crippen MR) is 120 cm³/mol. The van der Waals surface area contributed by atoms with Crippen molar-refractivity contribution < 1.29 is 18.0 Å². The zero-order valence-electron chi connectivity index (χ0n) is 18.1. The second kappa shape index (κ2) is 9.38. The van der Waals surface area contributed by atoms with Gasteiger partial charge >= 0.3 is 0 Å². The molecule has 2 saturated heterocycles. The number of sulfonamides is 1. The topological polar surface area (TPSA) is 99.7 Å². The molecule has 0 radical (unpaired) electrons. The molecule has 2 aromatic rings. The number of benzene rings is 1. The fourth-order valence-corrected chi connectivity index (χ4v) is 5.60. The molecule has 0 saturated carbocycles. The van der Waals surface area contributed by atoms with Gasteiger partial charge in [0.1, 0.15) is 0 Å². The second-order valence-electron chi connectivity index (χ2n) is 8.52. The molecule has 32 heavy (non-hydrogen) atoms. The van der Waals surface area contributed by atoms with Gasteiger partial charge < -0.3 is 10.2 Å². The minimum Gasteiger partial charge on any atom is -0.350 e. The van der Waals surface area contributed by atoms with Crippen molar-refractivity contribution in [2.45, 2.75) is 37.6 Å². The smallest absolute Gasteiger partial charge is 0.243 e. The van der Waals surface area contributed by atoms with Gasteiger partial charge in [0.15, 0.2) is 0 Å². The lowest BCUT2D eigenvalue weighted by atomic mass is 10.0. The van der Waals surface area contributed by atoms with Crippen LogP contribution in [0.2, 0.25) is 0 Å². The van der Waals surface area contributed by atoms with Crippen LogP contribution in [-0.4, -0.2) is 49.2 Å². The van der Waals surface area contributed by atoms with E-state index in [1.807, 2.05) is 18.2 Å². The number of piperidine rings is 1. The van der Waals surface area contributed by atoms with Gasteiger partial charge in [-0.05, 0) is 55.2 Å². The number of hydrogen-bond donors (Lipinski definition) is 1. The molecular formula is C23H28N4O4S. The zero-order chi connectivity index (χ0) is 22.7. The van der Waals surface area contributed by atoms with Gasteiger partial charge in [0.25, 0.3) is 0 Å². The van der Waals surface area contributed by atoms with Crippen LogP contribution in [-0.2, 0) is 26.2 Å². The highest BCUT2D eigenvalue weighted by atomic mass is 32.2. The number of carbonyl (C=O) groups excluding carboxylic acids is 2. The Morgan fingerprint density at radius 2 is 1.84 bits per heavy atom. The number of rotatable bonds is 6. The van der Waals surface area contributed by atoms with Gasteiger partial charge in [-0.25, -0.2) is 8.42 Å². The number of anilines is 1. The Bertz CT molecular complexity index is 1060. The van der Waals surface area contributed by atoms with Crippen LogP contribution in [0.15, 0.2) is 53.6 Å². The van der Waals surface area contributed by atoms with Crippen molar-refractivity contribution >= 4 is 27.5 Å². The summed E-state index contributed by atoms with van der Waals surface area (Å²) in [6.45, 7) is 3.78. The number of nitrogens with zero attached hydrogens (tertiary/aromatic N) is 3. The molecule has 2 aliphatic heterocycles. The summed E-state index contributed by atoms with van der Waals surface area (Å²) in [5, 5.41) is 2.84. The Morgan fingerprint density at radius 1 is 1.12 bits per heavy atom. The van der Waals surface area contributed by atoms with E-state index in [9.17, 15) is 18.0 Å². The first-order valence-electron chi connectivity index (χ1n) is 10.9. The minimum atomic E-state index is -3.54. The molecule has 1 aromatic carbocycles. The molecule has 2 amide bonds. The van der Waals surface area contributed by atoms with Crippen molar-refractivity contribution in [3.8, 4) is 0 Å². The molecule has 0 unspecified atom stereocenters. The number of amides is 2. The summed E-state index contributed by atoms with van der Waals surface area (Å²) in [4.78, 5) is 31.0. The van der Waals surface area contributed by atoms with E-state index in [-0.39, 0.29) is 29.7 Å². The molecule has 0 spiro atoms. The van der Waals surface area contributed by atoms with Crippen molar-refractivity contribution in [3.05, 3.63) is 54.4 Å². The molecule has 0 bridgehead atoms. The maximum absolute atomic E-state index is 12.9. The van der Waals surface area contributed by atoms with E-state index in [2.05, 4.69) is 17.2 Å². The Hall–Kier alpha value is -2.78. The van der Waals surface area contributed by atoms with Crippen LogP contribution in [0.3, 0.4) is 0 Å². The van der Waals surface area contributed by atoms with Crippen molar-refractivity contribution in [2.24, 2.45) is 11.8 Å². The van der Waals surface area contributed by atoms with E-state index in [4.69, 9.17) is 0 Å². The molecule has 4 rings (SSSR count). The summed E-state index contributed by atoms with van der Waals surface area (Å²) in [5.41, 5.74) is 1.35. The monoisotopic (exact) mass is 456 g/mol. The van der Waals surface area contributed by atoms with Gasteiger partial charge in [0, 0.05) is 37.9 Å². The number of aromatic nitrogens is 1. The summed E-state index contributed by atoms with van der Waals surface area (Å²) >= 11 is 0. The van der Waals surface area contributed by atoms with Crippen LogP contribution in [0.1, 0.15) is 31.9 Å². The molecule has 2 fully saturated rings. The normalized spacial score (nSPS) is 20.5. The quantitative estimate of drug-likeness (QED) is 0.718.